The van der Waals surface area contributed by atoms with Gasteiger partial charge in [-0.3, -0.25) is 9.69 Å². The van der Waals surface area contributed by atoms with Crippen molar-refractivity contribution in [1.82, 2.24) is 4.90 Å². The largest absolute Gasteiger partial charge is 0.497 e. The molecule has 1 amide bonds. The van der Waals surface area contributed by atoms with Crippen LogP contribution < -0.4 is 4.74 Å². The number of nitrogens with zero attached hydrogens (tertiary/aromatic N) is 3. The van der Waals surface area contributed by atoms with Crippen molar-refractivity contribution < 1.29 is 9.53 Å². The molecule has 1 heterocycles. The van der Waals surface area contributed by atoms with Crippen molar-refractivity contribution in [3.8, 4) is 5.75 Å². The number of methoxy groups -OCH3 is 1. The molecule has 5 nitrogen and oxygen atoms in total. The minimum Gasteiger partial charge on any atom is -0.497 e. The predicted molar refractivity (Wildman–Crippen MR) is 121 cm³/mol. The Morgan fingerprint density at radius 1 is 1.21 bits per heavy atom. The molecular formula is C21H19Cl2N3O2S. The Labute approximate surface area is 184 Å². The summed E-state index contributed by atoms with van der Waals surface area (Å²) in [5, 5.41) is 9.62. The second kappa shape index (κ2) is 9.96. The highest BCUT2D eigenvalue weighted by Gasteiger charge is 2.37. The summed E-state index contributed by atoms with van der Waals surface area (Å²) >= 11 is 13.4. The van der Waals surface area contributed by atoms with Gasteiger partial charge in [-0.05, 0) is 53.9 Å². The van der Waals surface area contributed by atoms with Gasteiger partial charge < -0.3 is 4.74 Å². The summed E-state index contributed by atoms with van der Waals surface area (Å²) in [7, 11) is 1.62. The summed E-state index contributed by atoms with van der Waals surface area (Å²) in [5.74, 6) is 0.743. The van der Waals surface area contributed by atoms with Crippen LogP contribution in [0.25, 0.3) is 0 Å². The molecular weight excluding hydrogens is 429 g/mol. The molecule has 1 unspecified atom stereocenters. The number of hydrogen-bond acceptors (Lipinski definition) is 5. The average molecular weight is 448 g/mol. The summed E-state index contributed by atoms with van der Waals surface area (Å²) in [6.07, 6.45) is 3.83. The lowest BCUT2D eigenvalue weighted by atomic mass is 10.1. The molecule has 8 heteroatoms. The number of carbonyl (C=O) groups excluding carboxylic acids is 1. The second-order valence-corrected chi connectivity index (χ2v) is 8.18. The van der Waals surface area contributed by atoms with Gasteiger partial charge in [-0.15, -0.1) is 11.7 Å². The maximum absolute atomic E-state index is 12.8. The first kappa shape index (κ1) is 21.4. The van der Waals surface area contributed by atoms with Gasteiger partial charge >= 0.3 is 0 Å². The maximum Gasteiger partial charge on any atom is 0.242 e. The van der Waals surface area contributed by atoms with E-state index in [0.29, 0.717) is 28.2 Å². The molecule has 3 rings (SSSR count). The highest BCUT2D eigenvalue weighted by atomic mass is 35.5. The van der Waals surface area contributed by atoms with Gasteiger partial charge in [0.25, 0.3) is 0 Å². The van der Waals surface area contributed by atoms with E-state index in [4.69, 9.17) is 27.9 Å². The van der Waals surface area contributed by atoms with Crippen LogP contribution in [0.2, 0.25) is 10.0 Å². The topological polar surface area (TPSA) is 54.3 Å². The lowest BCUT2D eigenvalue weighted by Gasteiger charge is -2.13. The first-order valence-electron chi connectivity index (χ1n) is 8.79. The summed E-state index contributed by atoms with van der Waals surface area (Å²) in [4.78, 5) is 14.4. The highest BCUT2D eigenvalue weighted by molar-refractivity contribution is 8.15. The molecule has 150 valence electrons. The fourth-order valence-electron chi connectivity index (χ4n) is 2.73. The minimum atomic E-state index is -0.304. The van der Waals surface area contributed by atoms with E-state index in [2.05, 4.69) is 16.8 Å². The molecule has 0 N–H and O–H groups in total. The standard InChI is InChI=1S/C21H19Cl2N3O2S/c1-3-10-26-20(27)19(12-15-6-9-17(22)18(23)11-15)29-21(26)25-24-13-14-4-7-16(28-2)8-5-14/h3-9,11,13,19H,1,10,12H2,2H3. The summed E-state index contributed by atoms with van der Waals surface area (Å²) < 4.78 is 5.14. The molecule has 2 aromatic rings. The smallest absolute Gasteiger partial charge is 0.242 e. The molecule has 0 saturated carbocycles. The number of thioether (sulfide) groups is 1. The number of rotatable bonds is 7. The van der Waals surface area contributed by atoms with Crippen molar-refractivity contribution in [2.75, 3.05) is 13.7 Å². The van der Waals surface area contributed by atoms with Gasteiger partial charge in [-0.25, -0.2) is 0 Å². The molecule has 0 spiro atoms. The van der Waals surface area contributed by atoms with Crippen molar-refractivity contribution in [1.29, 1.82) is 0 Å². The van der Waals surface area contributed by atoms with Crippen molar-refractivity contribution in [2.24, 2.45) is 10.2 Å². The van der Waals surface area contributed by atoms with Crippen molar-refractivity contribution >= 4 is 52.3 Å². The van der Waals surface area contributed by atoms with E-state index >= 15 is 0 Å². The molecule has 1 atom stereocenters. The average Bonchev–Trinajstić information content (AvgIpc) is 3.01. The van der Waals surface area contributed by atoms with E-state index < -0.39 is 0 Å². The molecule has 1 fully saturated rings. The molecule has 0 radical (unpaired) electrons. The van der Waals surface area contributed by atoms with Crippen molar-refractivity contribution in [3.05, 3.63) is 76.3 Å². The number of halogens is 2. The van der Waals surface area contributed by atoms with Gasteiger partial charge in [-0.2, -0.15) is 5.10 Å². The number of ether oxygens (including phenoxy) is 1. The Hall–Kier alpha value is -2.28. The molecule has 0 aromatic heterocycles. The molecule has 1 aliphatic heterocycles. The van der Waals surface area contributed by atoms with Crippen LogP contribution in [0.5, 0.6) is 5.75 Å². The van der Waals surface area contributed by atoms with E-state index in [1.807, 2.05) is 30.3 Å². The first-order valence-corrected chi connectivity index (χ1v) is 10.4. The lowest BCUT2D eigenvalue weighted by Crippen LogP contribution is -2.32. The Balaban J connectivity index is 1.75. The number of amidine groups is 1. The summed E-state index contributed by atoms with van der Waals surface area (Å²) in [6, 6.07) is 12.8. The van der Waals surface area contributed by atoms with E-state index in [9.17, 15) is 4.79 Å². The molecule has 29 heavy (non-hydrogen) atoms. The van der Waals surface area contributed by atoms with Crippen LogP contribution in [0.3, 0.4) is 0 Å². The van der Waals surface area contributed by atoms with Gasteiger partial charge in [0, 0.05) is 6.54 Å². The SMILES string of the molecule is C=CCN1C(=O)C(Cc2ccc(Cl)c(Cl)c2)SC1=NN=Cc1ccc(OC)cc1. The van der Waals surface area contributed by atoms with Gasteiger partial charge in [0.1, 0.15) is 5.75 Å². The normalized spacial score (nSPS) is 18.0. The number of hydrogen-bond donors (Lipinski definition) is 0. The Kier molecular flexibility index (Phi) is 7.36. The third kappa shape index (κ3) is 5.41. The first-order chi connectivity index (χ1) is 14.0. The fraction of sp³-hybridized carbons (Fsp3) is 0.190. The zero-order valence-electron chi connectivity index (χ0n) is 15.7. The Morgan fingerprint density at radius 2 is 1.97 bits per heavy atom. The molecule has 0 bridgehead atoms. The molecule has 1 aliphatic rings. The maximum atomic E-state index is 12.8. The number of amides is 1. The lowest BCUT2D eigenvalue weighted by molar-refractivity contribution is -0.125. The quantitative estimate of drug-likeness (QED) is 0.338. The highest BCUT2D eigenvalue weighted by Crippen LogP contribution is 2.31. The van der Waals surface area contributed by atoms with E-state index in [1.165, 1.54) is 11.8 Å². The predicted octanol–water partition coefficient (Wildman–Crippen LogP) is 5.06. The van der Waals surface area contributed by atoms with Crippen LogP contribution in [-0.4, -0.2) is 41.1 Å². The summed E-state index contributed by atoms with van der Waals surface area (Å²) in [5.41, 5.74) is 1.82. The zero-order chi connectivity index (χ0) is 20.8. The van der Waals surface area contributed by atoms with E-state index in [0.717, 1.165) is 16.9 Å². The van der Waals surface area contributed by atoms with Crippen molar-refractivity contribution in [3.63, 3.8) is 0 Å². The van der Waals surface area contributed by atoms with Crippen LogP contribution in [-0.2, 0) is 11.2 Å². The molecule has 1 saturated heterocycles. The van der Waals surface area contributed by atoms with Gasteiger partial charge in [-0.1, -0.05) is 47.1 Å². The van der Waals surface area contributed by atoms with Crippen LogP contribution in [0.4, 0.5) is 0 Å². The third-order valence-electron chi connectivity index (χ3n) is 4.20. The minimum absolute atomic E-state index is 0.0284. The Morgan fingerprint density at radius 3 is 2.62 bits per heavy atom. The number of carbonyl (C=O) groups is 1. The molecule has 0 aliphatic carbocycles. The number of benzene rings is 2. The summed E-state index contributed by atoms with van der Waals surface area (Å²) in [6.45, 7) is 4.10. The second-order valence-electron chi connectivity index (χ2n) is 6.20. The van der Waals surface area contributed by atoms with E-state index in [-0.39, 0.29) is 11.2 Å². The molecule has 2 aromatic carbocycles. The van der Waals surface area contributed by atoms with Crippen molar-refractivity contribution in [2.45, 2.75) is 11.7 Å². The Bertz CT molecular complexity index is 961. The van der Waals surface area contributed by atoms with E-state index in [1.54, 1.807) is 36.4 Å². The van der Waals surface area contributed by atoms with Gasteiger partial charge in [0.2, 0.25) is 5.91 Å². The fourth-order valence-corrected chi connectivity index (χ4v) is 4.19. The van der Waals surface area contributed by atoms with Gasteiger partial charge in [0.15, 0.2) is 5.17 Å². The third-order valence-corrected chi connectivity index (χ3v) is 6.11. The van der Waals surface area contributed by atoms with Crippen LogP contribution in [0.15, 0.2) is 65.3 Å². The monoisotopic (exact) mass is 447 g/mol. The zero-order valence-corrected chi connectivity index (χ0v) is 18.0. The van der Waals surface area contributed by atoms with Crippen LogP contribution >= 0.6 is 35.0 Å². The van der Waals surface area contributed by atoms with Crippen LogP contribution in [0, 0.1) is 0 Å². The van der Waals surface area contributed by atoms with Gasteiger partial charge in [0.05, 0.1) is 28.6 Å². The van der Waals surface area contributed by atoms with Crippen LogP contribution in [0.1, 0.15) is 11.1 Å².